The number of carboxylic acids is 1. The molecule has 1 saturated heterocycles. The Balaban J connectivity index is 2.07. The van der Waals surface area contributed by atoms with Gasteiger partial charge in [0.15, 0.2) is 0 Å². The molecule has 0 saturated carbocycles. The maximum Gasteiger partial charge on any atom is 0.303 e. The number of methoxy groups -OCH3 is 1. The summed E-state index contributed by atoms with van der Waals surface area (Å²) in [6, 6.07) is 7.34. The van der Waals surface area contributed by atoms with Gasteiger partial charge in [-0.05, 0) is 24.5 Å². The van der Waals surface area contributed by atoms with Crippen LogP contribution in [0.5, 0.6) is 5.75 Å². The van der Waals surface area contributed by atoms with Crippen LogP contribution in [0.15, 0.2) is 24.3 Å². The highest BCUT2D eigenvalue weighted by Gasteiger charge is 2.28. The SMILES string of the molecule is COc1cccc(N2CCC(CC(=O)O)CC2=O)c1. The molecule has 2 rings (SSSR count). The summed E-state index contributed by atoms with van der Waals surface area (Å²) in [6.07, 6.45) is 1.08. The molecular weight excluding hydrogens is 246 g/mol. The maximum absolute atomic E-state index is 12.1. The van der Waals surface area contributed by atoms with Crippen molar-refractivity contribution in [2.24, 2.45) is 5.92 Å². The summed E-state index contributed by atoms with van der Waals surface area (Å²) in [5.41, 5.74) is 0.804. The van der Waals surface area contributed by atoms with Gasteiger partial charge in [0, 0.05) is 31.1 Å². The van der Waals surface area contributed by atoms with Gasteiger partial charge in [-0.25, -0.2) is 0 Å². The quantitative estimate of drug-likeness (QED) is 0.901. The fraction of sp³-hybridized carbons (Fsp3) is 0.429. The summed E-state index contributed by atoms with van der Waals surface area (Å²) < 4.78 is 5.14. The van der Waals surface area contributed by atoms with Crippen molar-refractivity contribution in [3.63, 3.8) is 0 Å². The third-order valence-electron chi connectivity index (χ3n) is 3.35. The predicted octanol–water partition coefficient (Wildman–Crippen LogP) is 1.91. The largest absolute Gasteiger partial charge is 0.497 e. The van der Waals surface area contributed by atoms with Crippen molar-refractivity contribution in [1.82, 2.24) is 0 Å². The van der Waals surface area contributed by atoms with Crippen LogP contribution in [0.2, 0.25) is 0 Å². The number of piperidine rings is 1. The topological polar surface area (TPSA) is 66.8 Å². The zero-order valence-electron chi connectivity index (χ0n) is 10.8. The minimum atomic E-state index is -0.840. The average Bonchev–Trinajstić information content (AvgIpc) is 2.38. The average molecular weight is 263 g/mol. The number of hydrogen-bond acceptors (Lipinski definition) is 3. The zero-order chi connectivity index (χ0) is 13.8. The Kier molecular flexibility index (Phi) is 4.04. The molecule has 0 bridgehead atoms. The van der Waals surface area contributed by atoms with Crippen molar-refractivity contribution >= 4 is 17.6 Å². The van der Waals surface area contributed by atoms with Crippen LogP contribution in [0.4, 0.5) is 5.69 Å². The van der Waals surface area contributed by atoms with E-state index < -0.39 is 5.97 Å². The smallest absolute Gasteiger partial charge is 0.303 e. The van der Waals surface area contributed by atoms with Crippen molar-refractivity contribution in [3.05, 3.63) is 24.3 Å². The van der Waals surface area contributed by atoms with Gasteiger partial charge in [0.2, 0.25) is 5.91 Å². The first kappa shape index (κ1) is 13.4. The number of amides is 1. The molecule has 1 fully saturated rings. The number of carboxylic acid groups (broad SMARTS) is 1. The Morgan fingerprint density at radius 1 is 1.53 bits per heavy atom. The van der Waals surface area contributed by atoms with Crippen LogP contribution in [0.25, 0.3) is 0 Å². The zero-order valence-corrected chi connectivity index (χ0v) is 10.8. The number of carbonyl (C=O) groups is 2. The minimum Gasteiger partial charge on any atom is -0.497 e. The van der Waals surface area contributed by atoms with Crippen molar-refractivity contribution < 1.29 is 19.4 Å². The van der Waals surface area contributed by atoms with Crippen LogP contribution in [0, 0.1) is 5.92 Å². The molecular formula is C14H17NO4. The molecule has 0 aromatic heterocycles. The first-order valence-corrected chi connectivity index (χ1v) is 6.26. The van der Waals surface area contributed by atoms with E-state index >= 15 is 0 Å². The Hall–Kier alpha value is -2.04. The fourth-order valence-electron chi connectivity index (χ4n) is 2.37. The van der Waals surface area contributed by atoms with Gasteiger partial charge >= 0.3 is 5.97 Å². The van der Waals surface area contributed by atoms with Crippen LogP contribution in [-0.4, -0.2) is 30.6 Å². The Labute approximate surface area is 111 Å². The van der Waals surface area contributed by atoms with Gasteiger partial charge in [0.25, 0.3) is 0 Å². The van der Waals surface area contributed by atoms with Gasteiger partial charge in [-0.1, -0.05) is 6.07 Å². The number of carbonyl (C=O) groups excluding carboxylic acids is 1. The summed E-state index contributed by atoms with van der Waals surface area (Å²) in [4.78, 5) is 24.4. The first-order valence-electron chi connectivity index (χ1n) is 6.26. The lowest BCUT2D eigenvalue weighted by Crippen LogP contribution is -2.39. The number of nitrogens with zero attached hydrogens (tertiary/aromatic N) is 1. The highest BCUT2D eigenvalue weighted by molar-refractivity contribution is 5.94. The normalized spacial score (nSPS) is 19.3. The summed E-state index contributed by atoms with van der Waals surface area (Å²) in [7, 11) is 1.58. The van der Waals surface area contributed by atoms with E-state index in [1.807, 2.05) is 24.3 Å². The van der Waals surface area contributed by atoms with Crippen LogP contribution in [0.1, 0.15) is 19.3 Å². The molecule has 1 heterocycles. The minimum absolute atomic E-state index is 0.0225. The van der Waals surface area contributed by atoms with Crippen molar-refractivity contribution in [2.45, 2.75) is 19.3 Å². The second-order valence-electron chi connectivity index (χ2n) is 4.70. The first-order chi connectivity index (χ1) is 9.10. The van der Waals surface area contributed by atoms with Crippen LogP contribution < -0.4 is 9.64 Å². The van der Waals surface area contributed by atoms with Gasteiger partial charge < -0.3 is 14.7 Å². The van der Waals surface area contributed by atoms with Gasteiger partial charge in [0.05, 0.1) is 7.11 Å². The lowest BCUT2D eigenvalue weighted by atomic mass is 9.93. The van der Waals surface area contributed by atoms with E-state index in [1.165, 1.54) is 0 Å². The van der Waals surface area contributed by atoms with E-state index in [0.29, 0.717) is 18.7 Å². The third-order valence-corrected chi connectivity index (χ3v) is 3.35. The molecule has 0 aliphatic carbocycles. The Morgan fingerprint density at radius 2 is 2.32 bits per heavy atom. The van der Waals surface area contributed by atoms with E-state index in [4.69, 9.17) is 9.84 Å². The molecule has 102 valence electrons. The second kappa shape index (κ2) is 5.73. The second-order valence-corrected chi connectivity index (χ2v) is 4.70. The van der Waals surface area contributed by atoms with Crippen LogP contribution in [0.3, 0.4) is 0 Å². The van der Waals surface area contributed by atoms with Gasteiger partial charge in [-0.2, -0.15) is 0 Å². The van der Waals surface area contributed by atoms with Crippen molar-refractivity contribution in [2.75, 3.05) is 18.6 Å². The predicted molar refractivity (Wildman–Crippen MR) is 70.3 cm³/mol. The number of hydrogen-bond donors (Lipinski definition) is 1. The Morgan fingerprint density at radius 3 is 2.95 bits per heavy atom. The molecule has 5 heteroatoms. The monoisotopic (exact) mass is 263 g/mol. The summed E-state index contributed by atoms with van der Waals surface area (Å²) in [5.74, 6) is -0.205. The number of ether oxygens (including phenoxy) is 1. The lowest BCUT2D eigenvalue weighted by molar-refractivity contribution is -0.138. The standard InChI is InChI=1S/C14H17NO4/c1-19-12-4-2-3-11(9-12)15-6-5-10(7-13(15)16)8-14(17)18/h2-4,9-10H,5-8H2,1H3,(H,17,18). The summed E-state index contributed by atoms with van der Waals surface area (Å²) >= 11 is 0. The van der Waals surface area contributed by atoms with Crippen molar-refractivity contribution in [1.29, 1.82) is 0 Å². The molecule has 1 aliphatic heterocycles. The van der Waals surface area contributed by atoms with Crippen LogP contribution >= 0.6 is 0 Å². The number of benzene rings is 1. The molecule has 1 unspecified atom stereocenters. The van der Waals surface area contributed by atoms with Gasteiger partial charge in [0.1, 0.15) is 5.75 Å². The molecule has 1 N–H and O–H groups in total. The van der Waals surface area contributed by atoms with E-state index in [9.17, 15) is 9.59 Å². The van der Waals surface area contributed by atoms with E-state index in [1.54, 1.807) is 12.0 Å². The molecule has 1 aromatic rings. The molecule has 0 spiro atoms. The third kappa shape index (κ3) is 3.24. The molecule has 19 heavy (non-hydrogen) atoms. The lowest BCUT2D eigenvalue weighted by Gasteiger charge is -2.31. The number of anilines is 1. The highest BCUT2D eigenvalue weighted by Crippen LogP contribution is 2.28. The highest BCUT2D eigenvalue weighted by atomic mass is 16.5. The van der Waals surface area contributed by atoms with Crippen molar-refractivity contribution in [3.8, 4) is 5.75 Å². The summed E-state index contributed by atoms with van der Waals surface area (Å²) in [5, 5.41) is 8.76. The molecule has 1 amide bonds. The molecule has 1 aromatic carbocycles. The van der Waals surface area contributed by atoms with Crippen LogP contribution in [-0.2, 0) is 9.59 Å². The van der Waals surface area contributed by atoms with Gasteiger partial charge in [-0.15, -0.1) is 0 Å². The molecule has 5 nitrogen and oxygen atoms in total. The molecule has 0 radical (unpaired) electrons. The number of aliphatic carboxylic acids is 1. The van der Waals surface area contributed by atoms with E-state index in [-0.39, 0.29) is 18.2 Å². The van der Waals surface area contributed by atoms with E-state index in [0.717, 1.165) is 12.1 Å². The fourth-order valence-corrected chi connectivity index (χ4v) is 2.37. The van der Waals surface area contributed by atoms with Gasteiger partial charge in [-0.3, -0.25) is 9.59 Å². The summed E-state index contributed by atoms with van der Waals surface area (Å²) in [6.45, 7) is 0.559. The van der Waals surface area contributed by atoms with E-state index in [2.05, 4.69) is 0 Å². The number of rotatable bonds is 4. The Bertz CT molecular complexity index is 486. The molecule has 1 aliphatic rings. The maximum atomic E-state index is 12.1. The molecule has 1 atom stereocenters.